The van der Waals surface area contributed by atoms with Gasteiger partial charge in [0.2, 0.25) is 5.13 Å². The second-order valence-corrected chi connectivity index (χ2v) is 5.09. The zero-order valence-corrected chi connectivity index (χ0v) is 11.3. The summed E-state index contributed by atoms with van der Waals surface area (Å²) in [5, 5.41) is 4.06. The molecule has 0 amide bonds. The van der Waals surface area contributed by atoms with Crippen LogP contribution in [0.1, 0.15) is 31.2 Å². The molecule has 0 aliphatic carbocycles. The Morgan fingerprint density at radius 1 is 1.41 bits per heavy atom. The van der Waals surface area contributed by atoms with Crippen molar-refractivity contribution >= 4 is 34.0 Å². The molecule has 1 aromatic carbocycles. The Morgan fingerprint density at radius 3 is 2.88 bits per heavy atom. The predicted molar refractivity (Wildman–Crippen MR) is 73.3 cm³/mol. The van der Waals surface area contributed by atoms with Crippen LogP contribution in [-0.4, -0.2) is 9.36 Å². The van der Waals surface area contributed by atoms with Gasteiger partial charge in [-0.3, -0.25) is 0 Å². The molecule has 0 unspecified atom stereocenters. The largest absolute Gasteiger partial charge is 0.330 e. The molecule has 0 bridgehead atoms. The second kappa shape index (κ2) is 5.47. The van der Waals surface area contributed by atoms with Gasteiger partial charge in [0.1, 0.15) is 5.82 Å². The number of halogens is 1. The topological polar surface area (TPSA) is 37.8 Å². The zero-order valence-electron chi connectivity index (χ0n) is 9.77. The highest BCUT2D eigenvalue weighted by molar-refractivity contribution is 7.09. The Hall–Kier alpha value is -1.13. The fourth-order valence-electron chi connectivity index (χ4n) is 1.38. The summed E-state index contributed by atoms with van der Waals surface area (Å²) in [5.41, 5.74) is 2.08. The number of alkyl halides is 1. The fourth-order valence-corrected chi connectivity index (χ4v) is 2.27. The lowest BCUT2D eigenvalue weighted by molar-refractivity contribution is 0.800. The van der Waals surface area contributed by atoms with Crippen LogP contribution >= 0.6 is 23.1 Å². The maximum Gasteiger partial charge on any atom is 0.207 e. The van der Waals surface area contributed by atoms with Crippen molar-refractivity contribution in [1.29, 1.82) is 0 Å². The van der Waals surface area contributed by atoms with Gasteiger partial charge in [-0.05, 0) is 17.7 Å². The van der Waals surface area contributed by atoms with Gasteiger partial charge in [-0.25, -0.2) is 4.98 Å². The number of nitrogens with one attached hydrogen (secondary N) is 1. The van der Waals surface area contributed by atoms with E-state index in [4.69, 9.17) is 11.6 Å². The minimum Gasteiger partial charge on any atom is -0.330 e. The Bertz CT molecular complexity index is 496. The summed E-state index contributed by atoms with van der Waals surface area (Å²) in [5.74, 6) is 1.75. The van der Waals surface area contributed by atoms with Crippen molar-refractivity contribution in [2.45, 2.75) is 25.6 Å². The number of rotatable bonds is 4. The van der Waals surface area contributed by atoms with Gasteiger partial charge >= 0.3 is 0 Å². The molecule has 3 nitrogen and oxygen atoms in total. The number of benzene rings is 1. The summed E-state index contributed by atoms with van der Waals surface area (Å²) in [6.07, 6.45) is 0. The van der Waals surface area contributed by atoms with E-state index in [-0.39, 0.29) is 0 Å². The molecule has 0 aliphatic rings. The van der Waals surface area contributed by atoms with Gasteiger partial charge < -0.3 is 5.32 Å². The molecule has 0 atom stereocenters. The van der Waals surface area contributed by atoms with Crippen LogP contribution in [0.5, 0.6) is 0 Å². The molecular weight excluding hydrogens is 254 g/mol. The average Bonchev–Trinajstić information content (AvgIpc) is 2.78. The molecule has 0 radical (unpaired) electrons. The molecule has 17 heavy (non-hydrogen) atoms. The van der Waals surface area contributed by atoms with Crippen molar-refractivity contribution in [2.75, 3.05) is 5.32 Å². The van der Waals surface area contributed by atoms with E-state index in [1.807, 2.05) is 24.3 Å². The van der Waals surface area contributed by atoms with Crippen molar-refractivity contribution in [1.82, 2.24) is 9.36 Å². The van der Waals surface area contributed by atoms with Gasteiger partial charge in [0, 0.05) is 29.0 Å². The van der Waals surface area contributed by atoms with Gasteiger partial charge in [0.05, 0.1) is 0 Å². The molecule has 1 N–H and O–H groups in total. The maximum absolute atomic E-state index is 5.79. The number of aromatic nitrogens is 2. The number of hydrogen-bond acceptors (Lipinski definition) is 4. The first kappa shape index (κ1) is 12.3. The predicted octanol–water partition coefficient (Wildman–Crippen LogP) is 4.14. The lowest BCUT2D eigenvalue weighted by Crippen LogP contribution is -1.93. The summed E-state index contributed by atoms with van der Waals surface area (Å²) < 4.78 is 4.30. The molecule has 0 saturated heterocycles. The monoisotopic (exact) mass is 267 g/mol. The highest BCUT2D eigenvalue weighted by Gasteiger charge is 2.07. The summed E-state index contributed by atoms with van der Waals surface area (Å²) in [4.78, 5) is 4.42. The molecule has 0 fully saturated rings. The van der Waals surface area contributed by atoms with Crippen LogP contribution in [0.15, 0.2) is 24.3 Å². The minimum atomic E-state index is 0.357. The van der Waals surface area contributed by atoms with Gasteiger partial charge in [0.15, 0.2) is 0 Å². The summed E-state index contributed by atoms with van der Waals surface area (Å²) in [6.45, 7) is 4.17. The van der Waals surface area contributed by atoms with Crippen LogP contribution in [0.4, 0.5) is 10.8 Å². The van der Waals surface area contributed by atoms with Crippen LogP contribution in [0.25, 0.3) is 0 Å². The molecule has 1 heterocycles. The van der Waals surface area contributed by atoms with Gasteiger partial charge in [0.25, 0.3) is 0 Å². The second-order valence-electron chi connectivity index (χ2n) is 4.07. The van der Waals surface area contributed by atoms with Gasteiger partial charge in [-0.1, -0.05) is 26.0 Å². The number of nitrogens with zero attached hydrogens (tertiary/aromatic N) is 2. The van der Waals surface area contributed by atoms with Gasteiger partial charge in [-0.15, -0.1) is 11.6 Å². The fraction of sp³-hybridized carbons (Fsp3) is 0.333. The van der Waals surface area contributed by atoms with Crippen molar-refractivity contribution in [2.24, 2.45) is 0 Å². The van der Waals surface area contributed by atoms with Crippen LogP contribution in [0.2, 0.25) is 0 Å². The standard InChI is InChI=1S/C12H14ClN3S/c1-8(2)11-15-12(17-16-11)14-10-5-3-4-9(6-10)7-13/h3-6,8H,7H2,1-2H3,(H,14,15,16). The molecule has 0 aliphatic heterocycles. The molecule has 90 valence electrons. The number of anilines is 2. The Labute approximate surface area is 110 Å². The third kappa shape index (κ3) is 3.17. The van der Waals surface area contributed by atoms with E-state index in [0.29, 0.717) is 11.8 Å². The first-order chi connectivity index (χ1) is 8.19. The maximum atomic E-state index is 5.79. The van der Waals surface area contributed by atoms with E-state index in [9.17, 15) is 0 Å². The first-order valence-electron chi connectivity index (χ1n) is 5.44. The molecular formula is C12H14ClN3S. The van der Waals surface area contributed by atoms with Crippen LogP contribution in [0.3, 0.4) is 0 Å². The van der Waals surface area contributed by atoms with Crippen molar-refractivity contribution in [3.05, 3.63) is 35.7 Å². The highest BCUT2D eigenvalue weighted by atomic mass is 35.5. The SMILES string of the molecule is CC(C)c1nsc(Nc2cccc(CCl)c2)n1. The Kier molecular flexibility index (Phi) is 3.97. The lowest BCUT2D eigenvalue weighted by Gasteiger charge is -2.03. The van der Waals surface area contributed by atoms with E-state index in [2.05, 4.69) is 28.5 Å². The third-order valence-electron chi connectivity index (χ3n) is 2.29. The highest BCUT2D eigenvalue weighted by Crippen LogP contribution is 2.22. The van der Waals surface area contributed by atoms with Crippen LogP contribution in [-0.2, 0) is 5.88 Å². The Balaban J connectivity index is 2.13. The third-order valence-corrected chi connectivity index (χ3v) is 3.24. The van der Waals surface area contributed by atoms with Crippen LogP contribution in [0, 0.1) is 0 Å². The van der Waals surface area contributed by atoms with Crippen molar-refractivity contribution in [3.8, 4) is 0 Å². The first-order valence-corrected chi connectivity index (χ1v) is 6.75. The van der Waals surface area contributed by atoms with E-state index in [1.165, 1.54) is 11.5 Å². The lowest BCUT2D eigenvalue weighted by atomic mass is 10.2. The smallest absolute Gasteiger partial charge is 0.207 e. The van der Waals surface area contributed by atoms with Crippen molar-refractivity contribution < 1.29 is 0 Å². The molecule has 2 aromatic rings. The average molecular weight is 268 g/mol. The van der Waals surface area contributed by atoms with E-state index in [0.717, 1.165) is 22.2 Å². The van der Waals surface area contributed by atoms with Gasteiger partial charge in [-0.2, -0.15) is 4.37 Å². The minimum absolute atomic E-state index is 0.357. The van der Waals surface area contributed by atoms with E-state index >= 15 is 0 Å². The molecule has 0 saturated carbocycles. The molecule has 2 rings (SSSR count). The normalized spacial score (nSPS) is 10.8. The molecule has 0 spiro atoms. The molecule has 1 aromatic heterocycles. The number of hydrogen-bond donors (Lipinski definition) is 1. The summed E-state index contributed by atoms with van der Waals surface area (Å²) in [6, 6.07) is 7.98. The molecule has 5 heteroatoms. The van der Waals surface area contributed by atoms with Crippen LogP contribution < -0.4 is 5.32 Å². The zero-order chi connectivity index (χ0) is 12.3. The summed E-state index contributed by atoms with van der Waals surface area (Å²) >= 11 is 7.18. The Morgan fingerprint density at radius 2 is 2.24 bits per heavy atom. The van der Waals surface area contributed by atoms with E-state index in [1.54, 1.807) is 0 Å². The quantitative estimate of drug-likeness (QED) is 0.846. The van der Waals surface area contributed by atoms with E-state index < -0.39 is 0 Å². The summed E-state index contributed by atoms with van der Waals surface area (Å²) in [7, 11) is 0. The van der Waals surface area contributed by atoms with Crippen molar-refractivity contribution in [3.63, 3.8) is 0 Å².